The number of thiol groups is 1. The van der Waals surface area contributed by atoms with Crippen LogP contribution in [0.1, 0.15) is 13.3 Å². The fourth-order valence-electron chi connectivity index (χ4n) is 2.54. The highest BCUT2D eigenvalue weighted by Gasteiger charge is 2.45. The van der Waals surface area contributed by atoms with Gasteiger partial charge in [-0.05, 0) is 18.5 Å². The molecule has 0 aromatic rings. The highest BCUT2D eigenvalue weighted by Crippen LogP contribution is 2.39. The summed E-state index contributed by atoms with van der Waals surface area (Å²) in [5, 5.41) is 0. The minimum Gasteiger partial charge on any atom is -0.379 e. The van der Waals surface area contributed by atoms with Crippen molar-refractivity contribution in [2.75, 3.05) is 32.1 Å². The molecule has 14 heavy (non-hydrogen) atoms. The Labute approximate surface area is 94.9 Å². The van der Waals surface area contributed by atoms with Gasteiger partial charge >= 0.3 is 0 Å². The molecule has 2 nitrogen and oxygen atoms in total. The molecule has 0 radical (unpaired) electrons. The fraction of sp³-hybridized carbons (Fsp3) is 0.800. The highest BCUT2D eigenvalue weighted by atomic mass is 33.1. The topological polar surface area (TPSA) is 12.5 Å². The number of rotatable bonds is 3. The van der Waals surface area contributed by atoms with Gasteiger partial charge < -0.3 is 4.74 Å². The lowest BCUT2D eigenvalue weighted by Gasteiger charge is -2.35. The van der Waals surface area contributed by atoms with E-state index in [1.165, 1.54) is 5.57 Å². The third-order valence-electron chi connectivity index (χ3n) is 3.36. The van der Waals surface area contributed by atoms with E-state index in [0.717, 1.165) is 38.5 Å². The second kappa shape index (κ2) is 4.47. The molecule has 2 aliphatic heterocycles. The van der Waals surface area contributed by atoms with Crippen LogP contribution in [0.3, 0.4) is 0 Å². The van der Waals surface area contributed by atoms with Crippen molar-refractivity contribution >= 4 is 22.5 Å². The van der Waals surface area contributed by atoms with Crippen molar-refractivity contribution in [1.82, 2.24) is 4.90 Å². The standard InChI is InChI=1S/C10H17NOS2/c1-2-11-5-3-9(7-14-13)10(11)4-6-12-8-10/h3,13H,2,4-8H2,1H3/t10-/m1/s1. The molecule has 1 saturated heterocycles. The molecule has 2 aliphatic rings. The zero-order chi connectivity index (χ0) is 10.0. The Hall–Kier alpha value is 0.360. The molecule has 1 fully saturated rings. The van der Waals surface area contributed by atoms with Gasteiger partial charge in [-0.3, -0.25) is 4.90 Å². The number of likely N-dealkylation sites (N-methyl/N-ethyl adjacent to an activating group) is 1. The normalized spacial score (nSPS) is 32.9. The first-order chi connectivity index (χ1) is 6.83. The van der Waals surface area contributed by atoms with Crippen LogP contribution in [0.25, 0.3) is 0 Å². The third kappa shape index (κ3) is 1.62. The summed E-state index contributed by atoms with van der Waals surface area (Å²) in [5.41, 5.74) is 1.75. The molecule has 0 amide bonds. The molecule has 0 aromatic carbocycles. The van der Waals surface area contributed by atoms with E-state index >= 15 is 0 Å². The van der Waals surface area contributed by atoms with E-state index in [-0.39, 0.29) is 5.54 Å². The molecular formula is C10H17NOS2. The predicted octanol–water partition coefficient (Wildman–Crippen LogP) is 1.99. The van der Waals surface area contributed by atoms with Crippen molar-refractivity contribution < 1.29 is 4.74 Å². The minimum atomic E-state index is 0.227. The molecule has 0 aromatic heterocycles. The average molecular weight is 231 g/mol. The van der Waals surface area contributed by atoms with Gasteiger partial charge in [0.15, 0.2) is 0 Å². The largest absolute Gasteiger partial charge is 0.379 e. The lowest BCUT2D eigenvalue weighted by atomic mass is 9.91. The smallest absolute Gasteiger partial charge is 0.0690 e. The van der Waals surface area contributed by atoms with Crippen LogP contribution < -0.4 is 0 Å². The molecule has 0 saturated carbocycles. The summed E-state index contributed by atoms with van der Waals surface area (Å²) in [6.45, 7) is 6.21. The number of hydrogen-bond acceptors (Lipinski definition) is 4. The monoisotopic (exact) mass is 231 g/mol. The van der Waals surface area contributed by atoms with Gasteiger partial charge in [-0.2, -0.15) is 0 Å². The van der Waals surface area contributed by atoms with E-state index in [1.807, 2.05) is 0 Å². The fourth-order valence-corrected chi connectivity index (χ4v) is 3.48. The van der Waals surface area contributed by atoms with Gasteiger partial charge in [0.2, 0.25) is 0 Å². The van der Waals surface area contributed by atoms with Gasteiger partial charge in [-0.15, -0.1) is 11.7 Å². The van der Waals surface area contributed by atoms with Crippen LogP contribution in [0.4, 0.5) is 0 Å². The van der Waals surface area contributed by atoms with E-state index < -0.39 is 0 Å². The summed E-state index contributed by atoms with van der Waals surface area (Å²) in [5.74, 6) is 1.03. The molecule has 4 heteroatoms. The van der Waals surface area contributed by atoms with Crippen molar-refractivity contribution in [3.63, 3.8) is 0 Å². The second-order valence-electron chi connectivity index (χ2n) is 3.88. The quantitative estimate of drug-likeness (QED) is 0.453. The van der Waals surface area contributed by atoms with Crippen LogP contribution in [-0.4, -0.2) is 42.5 Å². The summed E-state index contributed by atoms with van der Waals surface area (Å²) >= 11 is 4.25. The zero-order valence-electron chi connectivity index (χ0n) is 8.53. The molecule has 80 valence electrons. The summed E-state index contributed by atoms with van der Waals surface area (Å²) < 4.78 is 5.57. The van der Waals surface area contributed by atoms with Gasteiger partial charge in [-0.25, -0.2) is 0 Å². The first kappa shape index (κ1) is 10.9. The van der Waals surface area contributed by atoms with E-state index in [2.05, 4.69) is 29.6 Å². The molecule has 0 N–H and O–H groups in total. The first-order valence-electron chi connectivity index (χ1n) is 5.12. The maximum Gasteiger partial charge on any atom is 0.0690 e. The summed E-state index contributed by atoms with van der Waals surface area (Å²) in [7, 11) is 1.62. The predicted molar refractivity (Wildman–Crippen MR) is 64.9 cm³/mol. The van der Waals surface area contributed by atoms with Gasteiger partial charge in [-0.1, -0.05) is 23.8 Å². The SMILES string of the molecule is CCN1CC=C(CSS)[C@]12CCOC2. The van der Waals surface area contributed by atoms with E-state index in [4.69, 9.17) is 4.74 Å². The molecule has 1 atom stereocenters. The van der Waals surface area contributed by atoms with Crippen molar-refractivity contribution in [3.05, 3.63) is 11.6 Å². The first-order valence-corrected chi connectivity index (χ1v) is 7.16. The maximum atomic E-state index is 5.57. The molecular weight excluding hydrogens is 214 g/mol. The van der Waals surface area contributed by atoms with Gasteiger partial charge in [0.1, 0.15) is 0 Å². The average Bonchev–Trinajstić information content (AvgIpc) is 2.78. The number of ether oxygens (including phenoxy) is 1. The van der Waals surface area contributed by atoms with E-state index in [9.17, 15) is 0 Å². The highest BCUT2D eigenvalue weighted by molar-refractivity contribution is 8.68. The lowest BCUT2D eigenvalue weighted by molar-refractivity contribution is 0.119. The van der Waals surface area contributed by atoms with Crippen molar-refractivity contribution in [3.8, 4) is 0 Å². The van der Waals surface area contributed by atoms with Crippen LogP contribution in [0.5, 0.6) is 0 Å². The van der Waals surface area contributed by atoms with Crippen molar-refractivity contribution in [1.29, 1.82) is 0 Å². The van der Waals surface area contributed by atoms with Crippen molar-refractivity contribution in [2.45, 2.75) is 18.9 Å². The minimum absolute atomic E-state index is 0.227. The number of hydrogen-bond donors (Lipinski definition) is 1. The molecule has 2 heterocycles. The molecule has 0 bridgehead atoms. The second-order valence-corrected chi connectivity index (χ2v) is 5.20. The zero-order valence-corrected chi connectivity index (χ0v) is 10.2. The summed E-state index contributed by atoms with van der Waals surface area (Å²) in [6.07, 6.45) is 3.52. The van der Waals surface area contributed by atoms with Gasteiger partial charge in [0.25, 0.3) is 0 Å². The van der Waals surface area contributed by atoms with Crippen LogP contribution in [0.15, 0.2) is 11.6 Å². The van der Waals surface area contributed by atoms with Crippen LogP contribution in [-0.2, 0) is 4.74 Å². The molecule has 0 aliphatic carbocycles. The van der Waals surface area contributed by atoms with E-state index in [1.54, 1.807) is 10.8 Å². The summed E-state index contributed by atoms with van der Waals surface area (Å²) in [4.78, 5) is 2.53. The van der Waals surface area contributed by atoms with Crippen LogP contribution in [0.2, 0.25) is 0 Å². The Morgan fingerprint density at radius 2 is 2.57 bits per heavy atom. The van der Waals surface area contributed by atoms with Crippen molar-refractivity contribution in [2.24, 2.45) is 0 Å². The Morgan fingerprint density at radius 3 is 3.14 bits per heavy atom. The molecule has 1 spiro atoms. The Balaban J connectivity index is 2.17. The summed E-state index contributed by atoms with van der Waals surface area (Å²) in [6, 6.07) is 0. The Morgan fingerprint density at radius 1 is 1.71 bits per heavy atom. The maximum absolute atomic E-state index is 5.57. The Kier molecular flexibility index (Phi) is 3.47. The Bertz CT molecular complexity index is 236. The van der Waals surface area contributed by atoms with Gasteiger partial charge in [0.05, 0.1) is 12.1 Å². The van der Waals surface area contributed by atoms with Crippen LogP contribution >= 0.6 is 22.5 Å². The van der Waals surface area contributed by atoms with Gasteiger partial charge in [0, 0.05) is 18.9 Å². The van der Waals surface area contributed by atoms with E-state index in [0.29, 0.717) is 0 Å². The molecule has 0 unspecified atom stereocenters. The number of nitrogens with zero attached hydrogens (tertiary/aromatic N) is 1. The molecule has 2 rings (SSSR count). The van der Waals surface area contributed by atoms with Crippen LogP contribution in [0, 0.1) is 0 Å². The third-order valence-corrected chi connectivity index (χ3v) is 4.19. The lowest BCUT2D eigenvalue weighted by Crippen LogP contribution is -2.47.